The Kier molecular flexibility index (Phi) is 10.5. The number of benzene rings is 1. The minimum absolute atomic E-state index is 0.142. The first-order chi connectivity index (χ1) is 17.4. The topological polar surface area (TPSA) is 92.6 Å². The zero-order valence-electron chi connectivity index (χ0n) is 20.9. The Morgan fingerprint density at radius 1 is 1.17 bits per heavy atom. The largest absolute Gasteiger partial charge is 0.475 e. The van der Waals surface area contributed by atoms with Crippen molar-refractivity contribution in [1.82, 2.24) is 25.2 Å². The van der Waals surface area contributed by atoms with Crippen molar-refractivity contribution in [3.05, 3.63) is 76.7 Å². The molecule has 0 saturated carbocycles. The van der Waals surface area contributed by atoms with Gasteiger partial charge in [0.05, 0.1) is 24.0 Å². The number of thioether (sulfide) groups is 1. The number of hydrogen-bond donors (Lipinski definition) is 1. The van der Waals surface area contributed by atoms with Crippen LogP contribution < -0.4 is 10.1 Å². The number of carbonyl (C=O) groups is 1. The molecular formula is C26H30N6O2S2. The Balaban J connectivity index is 1.61. The van der Waals surface area contributed by atoms with Gasteiger partial charge in [0, 0.05) is 35.0 Å². The highest BCUT2D eigenvalue weighted by Gasteiger charge is 2.11. The van der Waals surface area contributed by atoms with Gasteiger partial charge >= 0.3 is 0 Å². The van der Waals surface area contributed by atoms with Crippen LogP contribution in [-0.2, 0) is 0 Å². The van der Waals surface area contributed by atoms with Crippen LogP contribution in [0.15, 0.2) is 69.4 Å². The second kappa shape index (κ2) is 13.8. The number of carbonyl (C=O) groups excluding carboxylic acids is 1. The zero-order chi connectivity index (χ0) is 25.9. The lowest BCUT2D eigenvalue weighted by Gasteiger charge is -2.13. The van der Waals surface area contributed by atoms with Gasteiger partial charge in [-0.3, -0.25) is 14.8 Å². The van der Waals surface area contributed by atoms with Crippen LogP contribution in [-0.4, -0.2) is 65.6 Å². The summed E-state index contributed by atoms with van der Waals surface area (Å²) in [6, 6.07) is 7.56. The number of ether oxygens (including phenoxy) is 1. The molecule has 0 bridgehead atoms. The first kappa shape index (κ1) is 27.4. The minimum Gasteiger partial charge on any atom is -0.475 e. The molecule has 2 heterocycles. The van der Waals surface area contributed by atoms with E-state index >= 15 is 0 Å². The Morgan fingerprint density at radius 3 is 2.50 bits per heavy atom. The third-order valence-corrected chi connectivity index (χ3v) is 6.59. The summed E-state index contributed by atoms with van der Waals surface area (Å²) >= 11 is 3.00. The van der Waals surface area contributed by atoms with Gasteiger partial charge in [0.1, 0.15) is 11.6 Å². The molecule has 3 aromatic rings. The highest BCUT2D eigenvalue weighted by molar-refractivity contribution is 8.02. The van der Waals surface area contributed by atoms with Gasteiger partial charge in [0.15, 0.2) is 0 Å². The fraction of sp³-hybridized carbons (Fsp3) is 0.269. The van der Waals surface area contributed by atoms with Crippen LogP contribution in [0.4, 0.5) is 0 Å². The Morgan fingerprint density at radius 2 is 1.89 bits per heavy atom. The van der Waals surface area contributed by atoms with Gasteiger partial charge in [-0.2, -0.15) is 0 Å². The number of hydrogen-bond acceptors (Lipinski definition) is 9. The number of likely N-dealkylation sites (N-methyl/N-ethyl adjacent to an activating group) is 1. The van der Waals surface area contributed by atoms with E-state index in [9.17, 15) is 4.79 Å². The van der Waals surface area contributed by atoms with Gasteiger partial charge in [0.2, 0.25) is 5.88 Å². The third kappa shape index (κ3) is 8.18. The molecule has 36 heavy (non-hydrogen) atoms. The molecule has 3 rings (SSSR count). The number of nitrogens with zero attached hydrogens (tertiary/aromatic N) is 5. The summed E-state index contributed by atoms with van der Waals surface area (Å²) < 4.78 is 5.62. The summed E-state index contributed by atoms with van der Waals surface area (Å²) in [5, 5.41) is 5.59. The van der Waals surface area contributed by atoms with Gasteiger partial charge in [-0.05, 0) is 75.5 Å². The Hall–Kier alpha value is -3.21. The monoisotopic (exact) mass is 522 g/mol. The van der Waals surface area contributed by atoms with Crippen molar-refractivity contribution in [3.8, 4) is 5.88 Å². The van der Waals surface area contributed by atoms with E-state index in [1.54, 1.807) is 48.7 Å². The number of rotatable bonds is 12. The predicted octanol–water partition coefficient (Wildman–Crippen LogP) is 4.70. The van der Waals surface area contributed by atoms with Crippen molar-refractivity contribution in [3.63, 3.8) is 0 Å². The van der Waals surface area contributed by atoms with Crippen molar-refractivity contribution >= 4 is 41.8 Å². The molecule has 2 aromatic heterocycles. The molecule has 0 atom stereocenters. The van der Waals surface area contributed by atoms with Crippen molar-refractivity contribution in [2.45, 2.75) is 23.8 Å². The second-order valence-electron chi connectivity index (χ2n) is 8.09. The third-order valence-electron chi connectivity index (χ3n) is 5.00. The van der Waals surface area contributed by atoms with Crippen LogP contribution in [0.3, 0.4) is 0 Å². The van der Waals surface area contributed by atoms with E-state index in [1.807, 2.05) is 19.5 Å². The molecule has 0 unspecified atom stereocenters. The molecule has 1 aromatic carbocycles. The average Bonchev–Trinajstić information content (AvgIpc) is 2.86. The van der Waals surface area contributed by atoms with Crippen molar-refractivity contribution in [1.29, 1.82) is 0 Å². The molecule has 10 heteroatoms. The summed E-state index contributed by atoms with van der Waals surface area (Å²) in [6.07, 6.45) is 6.57. The normalized spacial score (nSPS) is 11.4. The van der Waals surface area contributed by atoms with Crippen molar-refractivity contribution in [2.75, 3.05) is 33.1 Å². The number of aromatic nitrogens is 3. The summed E-state index contributed by atoms with van der Waals surface area (Å²) in [4.78, 5) is 32.3. The van der Waals surface area contributed by atoms with Crippen LogP contribution in [0.25, 0.3) is 5.70 Å². The molecule has 1 N–H and O–H groups in total. The lowest BCUT2D eigenvalue weighted by atomic mass is 10.0. The maximum atomic E-state index is 12.2. The number of nitrogens with one attached hydrogen (secondary N) is 1. The predicted molar refractivity (Wildman–Crippen MR) is 148 cm³/mol. The number of aryl methyl sites for hydroxylation is 2. The van der Waals surface area contributed by atoms with E-state index < -0.39 is 0 Å². The summed E-state index contributed by atoms with van der Waals surface area (Å²) in [5.41, 5.74) is 4.53. The SMILES string of the molecule is C=N/C(=C\SCNC(=O)c1ccncc1)c1c(C)cc(Sc2cnc(OCCN(C)C)cn2)cc1C. The standard InChI is InChI=1S/C26H30N6O2S2/c1-18-12-21(36-24-15-29-23(14-30-24)34-11-10-32(4)5)13-19(2)25(18)22(27-3)16-35-17-31-26(33)20-6-8-28-9-7-20/h6-9,12-16H,3,10-11,17H2,1-2,4-5H3,(H,31,33)/b22-16-. The second-order valence-corrected chi connectivity index (χ2v) is 10.0. The maximum Gasteiger partial charge on any atom is 0.252 e. The van der Waals surface area contributed by atoms with Crippen molar-refractivity contribution in [2.24, 2.45) is 4.99 Å². The number of pyridine rings is 1. The van der Waals surface area contributed by atoms with Crippen molar-refractivity contribution < 1.29 is 9.53 Å². The molecule has 0 aliphatic carbocycles. The van der Waals surface area contributed by atoms with Gasteiger partial charge in [-0.15, -0.1) is 11.8 Å². The smallest absolute Gasteiger partial charge is 0.252 e. The van der Waals surface area contributed by atoms with E-state index in [-0.39, 0.29) is 5.91 Å². The molecule has 0 fully saturated rings. The van der Waals surface area contributed by atoms with E-state index in [2.05, 4.69) is 62.9 Å². The molecule has 188 valence electrons. The molecular weight excluding hydrogens is 492 g/mol. The van der Waals surface area contributed by atoms with Gasteiger partial charge in [-0.1, -0.05) is 11.8 Å². The van der Waals surface area contributed by atoms with E-state index in [4.69, 9.17) is 4.74 Å². The zero-order valence-corrected chi connectivity index (χ0v) is 22.5. The van der Waals surface area contributed by atoms with Gasteiger partial charge in [0.25, 0.3) is 5.91 Å². The average molecular weight is 523 g/mol. The number of aliphatic imine (C=N–C) groups is 1. The quantitative estimate of drug-likeness (QED) is 0.208. The summed E-state index contributed by atoms with van der Waals surface area (Å²) in [6.45, 7) is 9.23. The fourth-order valence-electron chi connectivity index (χ4n) is 3.28. The van der Waals surface area contributed by atoms with Crippen LogP contribution in [0.5, 0.6) is 5.88 Å². The first-order valence-electron chi connectivity index (χ1n) is 11.2. The molecule has 0 aliphatic heterocycles. The molecule has 0 aliphatic rings. The first-order valence-corrected chi connectivity index (χ1v) is 13.1. The number of amides is 1. The van der Waals surface area contributed by atoms with Gasteiger partial charge in [-0.25, -0.2) is 9.97 Å². The van der Waals surface area contributed by atoms with Crippen LogP contribution >= 0.6 is 23.5 Å². The van der Waals surface area contributed by atoms with E-state index in [0.29, 0.717) is 23.9 Å². The summed E-state index contributed by atoms with van der Waals surface area (Å²) in [7, 11) is 4.00. The van der Waals surface area contributed by atoms with Crippen LogP contribution in [0.2, 0.25) is 0 Å². The van der Waals surface area contributed by atoms with E-state index in [1.165, 1.54) is 11.8 Å². The lowest BCUT2D eigenvalue weighted by Crippen LogP contribution is -2.22. The fourth-order valence-corrected chi connectivity index (χ4v) is 4.85. The molecule has 8 nitrogen and oxygen atoms in total. The molecule has 0 radical (unpaired) electrons. The Labute approximate surface area is 220 Å². The highest BCUT2D eigenvalue weighted by atomic mass is 32.2. The molecule has 0 spiro atoms. The molecule has 0 saturated heterocycles. The van der Waals surface area contributed by atoms with Crippen LogP contribution in [0.1, 0.15) is 27.0 Å². The molecule has 1 amide bonds. The summed E-state index contributed by atoms with van der Waals surface area (Å²) in [5.74, 6) is 0.793. The van der Waals surface area contributed by atoms with E-state index in [0.717, 1.165) is 38.9 Å². The minimum atomic E-state index is -0.142. The maximum absolute atomic E-state index is 12.2. The van der Waals surface area contributed by atoms with Crippen LogP contribution in [0, 0.1) is 13.8 Å². The Bertz CT molecular complexity index is 1180. The highest BCUT2D eigenvalue weighted by Crippen LogP contribution is 2.33. The lowest BCUT2D eigenvalue weighted by molar-refractivity contribution is 0.0961. The van der Waals surface area contributed by atoms with Gasteiger partial charge < -0.3 is 15.0 Å².